The Hall–Kier alpha value is -0.900. The number of hydrogen-bond donors (Lipinski definition) is 1. The molecule has 1 aromatic heterocycles. The van der Waals surface area contributed by atoms with E-state index >= 15 is 0 Å². The molecule has 1 aromatic rings. The van der Waals surface area contributed by atoms with Crippen LogP contribution in [0.4, 0.5) is 0 Å². The summed E-state index contributed by atoms with van der Waals surface area (Å²) in [5.74, 6) is -0.384. The summed E-state index contributed by atoms with van der Waals surface area (Å²) in [7, 11) is 0. The number of fused-ring (bicyclic) bond motifs is 1. The molecule has 3 fully saturated rings. The SMILES string of the molecule is O=C(O)C1C2CCC1(c1cscn1)C2. The van der Waals surface area contributed by atoms with Gasteiger partial charge in [0.15, 0.2) is 0 Å². The molecule has 3 unspecified atom stereocenters. The van der Waals surface area contributed by atoms with E-state index in [0.717, 1.165) is 25.0 Å². The smallest absolute Gasteiger partial charge is 0.307 e. The molecule has 1 heterocycles. The molecule has 0 radical (unpaired) electrons. The fraction of sp³-hybridized carbons (Fsp3) is 0.600. The van der Waals surface area contributed by atoms with E-state index < -0.39 is 5.97 Å². The van der Waals surface area contributed by atoms with Crippen molar-refractivity contribution in [3.8, 4) is 0 Å². The van der Waals surface area contributed by atoms with Gasteiger partial charge in [-0.05, 0) is 25.2 Å². The molecule has 3 aliphatic carbocycles. The summed E-state index contributed by atoms with van der Waals surface area (Å²) >= 11 is 1.56. The van der Waals surface area contributed by atoms with E-state index in [2.05, 4.69) is 4.98 Å². The summed E-state index contributed by atoms with van der Waals surface area (Å²) in [6, 6.07) is 0. The van der Waals surface area contributed by atoms with Crippen molar-refractivity contribution < 1.29 is 9.90 Å². The third-order valence-corrected chi connectivity index (χ3v) is 4.45. The van der Waals surface area contributed by atoms with Crippen molar-refractivity contribution >= 4 is 17.3 Å². The van der Waals surface area contributed by atoms with Gasteiger partial charge in [-0.3, -0.25) is 4.79 Å². The van der Waals surface area contributed by atoms with Crippen molar-refractivity contribution in [2.45, 2.75) is 24.7 Å². The summed E-state index contributed by atoms with van der Waals surface area (Å²) in [5.41, 5.74) is 2.72. The molecule has 0 aliphatic heterocycles. The lowest BCUT2D eigenvalue weighted by Crippen LogP contribution is -2.48. The predicted octanol–water partition coefficient (Wildman–Crippen LogP) is 1.90. The third-order valence-electron chi connectivity index (χ3n) is 3.86. The van der Waals surface area contributed by atoms with Gasteiger partial charge in [-0.15, -0.1) is 11.3 Å². The molecular formula is C10H11NO2S. The largest absolute Gasteiger partial charge is 0.481 e. The first-order chi connectivity index (χ1) is 6.74. The fourth-order valence-corrected chi connectivity index (χ4v) is 3.92. The van der Waals surface area contributed by atoms with Gasteiger partial charge in [0.1, 0.15) is 0 Å². The quantitative estimate of drug-likeness (QED) is 0.809. The van der Waals surface area contributed by atoms with Gasteiger partial charge >= 0.3 is 5.97 Å². The van der Waals surface area contributed by atoms with Crippen LogP contribution in [-0.4, -0.2) is 16.1 Å². The monoisotopic (exact) mass is 209 g/mol. The highest BCUT2D eigenvalue weighted by Crippen LogP contribution is 2.63. The molecule has 0 saturated heterocycles. The molecule has 3 nitrogen and oxygen atoms in total. The van der Waals surface area contributed by atoms with Gasteiger partial charge in [0.25, 0.3) is 0 Å². The van der Waals surface area contributed by atoms with Crippen LogP contribution in [0.25, 0.3) is 0 Å². The van der Waals surface area contributed by atoms with Crippen molar-refractivity contribution in [2.75, 3.05) is 0 Å². The van der Waals surface area contributed by atoms with Crippen LogP contribution >= 0.6 is 11.3 Å². The average Bonchev–Trinajstić information content (AvgIpc) is 2.77. The van der Waals surface area contributed by atoms with Crippen LogP contribution in [0.5, 0.6) is 0 Å². The zero-order valence-corrected chi connectivity index (χ0v) is 8.46. The molecule has 0 aromatic carbocycles. The minimum absolute atomic E-state index is 0.101. The molecule has 3 aliphatic rings. The summed E-state index contributed by atoms with van der Waals surface area (Å²) in [6.45, 7) is 0. The molecule has 3 saturated carbocycles. The zero-order chi connectivity index (χ0) is 9.76. The number of nitrogens with zero attached hydrogens (tertiary/aromatic N) is 1. The molecule has 2 bridgehead atoms. The summed E-state index contributed by atoms with van der Waals surface area (Å²) in [5, 5.41) is 11.2. The third kappa shape index (κ3) is 0.823. The molecule has 0 spiro atoms. The number of rotatable bonds is 2. The summed E-state index contributed by atoms with van der Waals surface area (Å²) < 4.78 is 0. The van der Waals surface area contributed by atoms with Crippen LogP contribution in [0.15, 0.2) is 10.9 Å². The van der Waals surface area contributed by atoms with E-state index in [4.69, 9.17) is 5.11 Å². The number of carboxylic acid groups (broad SMARTS) is 1. The van der Waals surface area contributed by atoms with E-state index in [0.29, 0.717) is 5.92 Å². The van der Waals surface area contributed by atoms with Crippen molar-refractivity contribution in [3.05, 3.63) is 16.6 Å². The zero-order valence-electron chi connectivity index (χ0n) is 7.64. The van der Waals surface area contributed by atoms with Gasteiger partial charge in [0, 0.05) is 10.8 Å². The molecule has 4 heteroatoms. The van der Waals surface area contributed by atoms with Gasteiger partial charge in [-0.1, -0.05) is 0 Å². The van der Waals surface area contributed by atoms with E-state index in [9.17, 15) is 4.79 Å². The van der Waals surface area contributed by atoms with Crippen LogP contribution in [0, 0.1) is 11.8 Å². The van der Waals surface area contributed by atoms with Gasteiger partial charge in [0.05, 0.1) is 17.1 Å². The van der Waals surface area contributed by atoms with Gasteiger partial charge in [0.2, 0.25) is 0 Å². The van der Waals surface area contributed by atoms with Gasteiger partial charge in [-0.25, -0.2) is 4.98 Å². The van der Waals surface area contributed by atoms with Gasteiger partial charge in [-0.2, -0.15) is 0 Å². The van der Waals surface area contributed by atoms with Crippen molar-refractivity contribution in [1.82, 2.24) is 4.98 Å². The number of aliphatic carboxylic acids is 1. The maximum Gasteiger partial charge on any atom is 0.307 e. The Morgan fingerprint density at radius 3 is 3.14 bits per heavy atom. The van der Waals surface area contributed by atoms with Crippen molar-refractivity contribution in [3.63, 3.8) is 0 Å². The molecule has 3 atom stereocenters. The number of carboxylic acids is 1. The molecular weight excluding hydrogens is 198 g/mol. The maximum absolute atomic E-state index is 11.1. The highest BCUT2D eigenvalue weighted by Gasteiger charge is 2.63. The predicted molar refractivity (Wildman–Crippen MR) is 52.3 cm³/mol. The highest BCUT2D eigenvalue weighted by molar-refractivity contribution is 7.07. The second-order valence-corrected chi connectivity index (χ2v) is 5.07. The topological polar surface area (TPSA) is 50.2 Å². The van der Waals surface area contributed by atoms with Gasteiger partial charge < -0.3 is 5.11 Å². The van der Waals surface area contributed by atoms with E-state index in [1.54, 1.807) is 16.8 Å². The Kier molecular flexibility index (Phi) is 1.54. The summed E-state index contributed by atoms with van der Waals surface area (Å²) in [6.07, 6.45) is 3.11. The molecule has 1 N–H and O–H groups in total. The fourth-order valence-electron chi connectivity index (χ4n) is 3.26. The van der Waals surface area contributed by atoms with Crippen LogP contribution in [0.1, 0.15) is 25.0 Å². The lowest BCUT2D eigenvalue weighted by atomic mass is 9.59. The summed E-state index contributed by atoms with van der Waals surface area (Å²) in [4.78, 5) is 15.4. The highest BCUT2D eigenvalue weighted by atomic mass is 32.1. The second kappa shape index (κ2) is 2.57. The Balaban J connectivity index is 2.01. The number of carbonyl (C=O) groups is 1. The Morgan fingerprint density at radius 2 is 2.57 bits per heavy atom. The van der Waals surface area contributed by atoms with E-state index in [1.165, 1.54) is 0 Å². The average molecular weight is 209 g/mol. The second-order valence-electron chi connectivity index (χ2n) is 4.35. The van der Waals surface area contributed by atoms with Crippen LogP contribution < -0.4 is 0 Å². The minimum Gasteiger partial charge on any atom is -0.481 e. The maximum atomic E-state index is 11.1. The first kappa shape index (κ1) is 8.41. The molecule has 14 heavy (non-hydrogen) atoms. The van der Waals surface area contributed by atoms with Crippen LogP contribution in [0.3, 0.4) is 0 Å². The Labute approximate surface area is 85.8 Å². The standard InChI is InChI=1S/C10H11NO2S/c12-9(13)8-6-1-2-10(8,3-6)7-4-14-5-11-7/h4-6,8H,1-3H2,(H,12,13). The normalized spacial score (nSPS) is 39.4. The number of hydrogen-bond acceptors (Lipinski definition) is 3. The number of aromatic nitrogens is 1. The lowest BCUT2D eigenvalue weighted by Gasteiger charge is -2.43. The van der Waals surface area contributed by atoms with Crippen LogP contribution in [0.2, 0.25) is 0 Å². The Morgan fingerprint density at radius 1 is 1.71 bits per heavy atom. The molecule has 0 amide bonds. The lowest BCUT2D eigenvalue weighted by molar-refractivity contribution is -0.150. The van der Waals surface area contributed by atoms with E-state index in [1.807, 2.05) is 5.38 Å². The van der Waals surface area contributed by atoms with Crippen molar-refractivity contribution in [1.29, 1.82) is 0 Å². The van der Waals surface area contributed by atoms with Crippen LogP contribution in [-0.2, 0) is 10.2 Å². The first-order valence-electron chi connectivity index (χ1n) is 4.85. The first-order valence-corrected chi connectivity index (χ1v) is 5.80. The number of thiazole rings is 1. The Bertz CT molecular complexity index is 371. The van der Waals surface area contributed by atoms with Crippen molar-refractivity contribution in [2.24, 2.45) is 11.8 Å². The van der Waals surface area contributed by atoms with E-state index in [-0.39, 0.29) is 11.3 Å². The molecule has 4 rings (SSSR count). The molecule has 74 valence electrons. The minimum atomic E-state index is -0.633.